The van der Waals surface area contributed by atoms with Crippen LogP contribution in [0.2, 0.25) is 5.02 Å². The molecule has 29 heavy (non-hydrogen) atoms. The summed E-state index contributed by atoms with van der Waals surface area (Å²) in [6, 6.07) is 16.6. The fraction of sp³-hybridized carbons (Fsp3) is 0.391. The summed E-state index contributed by atoms with van der Waals surface area (Å²) < 4.78 is 0. The maximum Gasteiger partial charge on any atom is 0.243 e. The molecule has 1 N–H and O–H groups in total. The number of nitrogens with zero attached hydrogens (tertiary/aromatic N) is 1. The van der Waals surface area contributed by atoms with Crippen LogP contribution in [0.4, 0.5) is 0 Å². The normalized spacial score (nSPS) is 12.3. The first-order valence-electron chi connectivity index (χ1n) is 9.73. The maximum absolute atomic E-state index is 13.2. The first kappa shape index (κ1) is 23.3. The van der Waals surface area contributed by atoms with Gasteiger partial charge in [0.05, 0.1) is 5.75 Å². The largest absolute Gasteiger partial charge is 0.350 e. The molecule has 0 spiro atoms. The van der Waals surface area contributed by atoms with Crippen LogP contribution in [0.1, 0.15) is 39.7 Å². The van der Waals surface area contributed by atoms with Crippen LogP contribution in [0.25, 0.3) is 0 Å². The van der Waals surface area contributed by atoms with Gasteiger partial charge in [-0.2, -0.15) is 0 Å². The van der Waals surface area contributed by atoms with Crippen molar-refractivity contribution in [3.63, 3.8) is 0 Å². The number of nitrogens with one attached hydrogen (secondary N) is 1. The van der Waals surface area contributed by atoms with Crippen LogP contribution in [-0.4, -0.2) is 34.0 Å². The smallest absolute Gasteiger partial charge is 0.243 e. The van der Waals surface area contributed by atoms with Crippen molar-refractivity contribution in [1.82, 2.24) is 10.2 Å². The first-order valence-corrected chi connectivity index (χ1v) is 11.1. The summed E-state index contributed by atoms with van der Waals surface area (Å²) in [6.45, 7) is 8.11. The van der Waals surface area contributed by atoms with Gasteiger partial charge in [-0.05, 0) is 57.0 Å². The van der Waals surface area contributed by atoms with Crippen LogP contribution in [-0.2, 0) is 16.1 Å². The van der Waals surface area contributed by atoms with Gasteiger partial charge in [-0.3, -0.25) is 9.59 Å². The fourth-order valence-corrected chi connectivity index (χ4v) is 3.84. The predicted octanol–water partition coefficient (Wildman–Crippen LogP) is 5.15. The van der Waals surface area contributed by atoms with Crippen molar-refractivity contribution in [1.29, 1.82) is 0 Å². The van der Waals surface area contributed by atoms with Gasteiger partial charge in [0.25, 0.3) is 0 Å². The zero-order chi connectivity index (χ0) is 21.4. The molecule has 0 heterocycles. The van der Waals surface area contributed by atoms with Gasteiger partial charge in [0.1, 0.15) is 6.04 Å². The highest BCUT2D eigenvalue weighted by molar-refractivity contribution is 8.00. The number of halogens is 1. The second kappa shape index (κ2) is 10.7. The molecule has 6 heteroatoms. The van der Waals surface area contributed by atoms with E-state index in [1.807, 2.05) is 70.2 Å². The van der Waals surface area contributed by atoms with Gasteiger partial charge in [0.15, 0.2) is 0 Å². The highest BCUT2D eigenvalue weighted by atomic mass is 35.5. The van der Waals surface area contributed by atoms with Crippen molar-refractivity contribution >= 4 is 35.2 Å². The number of hydrogen-bond donors (Lipinski definition) is 1. The number of carbonyl (C=O) groups excluding carboxylic acids is 2. The van der Waals surface area contributed by atoms with Gasteiger partial charge in [-0.15, -0.1) is 11.8 Å². The number of rotatable bonds is 8. The van der Waals surface area contributed by atoms with Crippen LogP contribution >= 0.6 is 23.4 Å². The van der Waals surface area contributed by atoms with Crippen LogP contribution in [0.3, 0.4) is 0 Å². The molecule has 1 atom stereocenters. The van der Waals surface area contributed by atoms with E-state index in [0.717, 1.165) is 10.5 Å². The zero-order valence-electron chi connectivity index (χ0n) is 17.4. The summed E-state index contributed by atoms with van der Waals surface area (Å²) in [7, 11) is 0. The van der Waals surface area contributed by atoms with E-state index in [1.165, 1.54) is 11.8 Å². The third-order valence-electron chi connectivity index (χ3n) is 4.26. The van der Waals surface area contributed by atoms with Gasteiger partial charge in [0.2, 0.25) is 11.8 Å². The van der Waals surface area contributed by atoms with Crippen LogP contribution in [0, 0.1) is 0 Å². The van der Waals surface area contributed by atoms with Gasteiger partial charge in [-0.1, -0.05) is 48.9 Å². The van der Waals surface area contributed by atoms with Gasteiger partial charge in [0, 0.05) is 22.0 Å². The van der Waals surface area contributed by atoms with Crippen molar-refractivity contribution in [2.75, 3.05) is 5.75 Å². The topological polar surface area (TPSA) is 49.4 Å². The molecule has 4 nitrogen and oxygen atoms in total. The molecular weight excluding hydrogens is 404 g/mol. The average Bonchev–Trinajstić information content (AvgIpc) is 2.67. The minimum atomic E-state index is -0.534. The molecule has 0 bridgehead atoms. The van der Waals surface area contributed by atoms with E-state index in [9.17, 15) is 9.59 Å². The monoisotopic (exact) mass is 432 g/mol. The van der Waals surface area contributed by atoms with Crippen LogP contribution in [0.15, 0.2) is 59.5 Å². The Bertz CT molecular complexity index is 804. The molecule has 2 rings (SSSR count). The second-order valence-electron chi connectivity index (χ2n) is 7.91. The Kier molecular flexibility index (Phi) is 8.60. The summed E-state index contributed by atoms with van der Waals surface area (Å²) in [5.74, 6) is 0.0772. The zero-order valence-corrected chi connectivity index (χ0v) is 19.0. The Balaban J connectivity index is 2.21. The van der Waals surface area contributed by atoms with Crippen LogP contribution in [0.5, 0.6) is 0 Å². The lowest BCUT2D eigenvalue weighted by atomic mass is 10.1. The van der Waals surface area contributed by atoms with E-state index < -0.39 is 6.04 Å². The van der Waals surface area contributed by atoms with Crippen molar-refractivity contribution < 1.29 is 9.59 Å². The Morgan fingerprint density at radius 3 is 2.24 bits per heavy atom. The third-order valence-corrected chi connectivity index (χ3v) is 5.50. The molecule has 0 aliphatic heterocycles. The van der Waals surface area contributed by atoms with Crippen molar-refractivity contribution in [2.45, 2.75) is 57.1 Å². The highest BCUT2D eigenvalue weighted by Gasteiger charge is 2.30. The molecule has 0 fully saturated rings. The molecule has 2 aromatic rings. The van der Waals surface area contributed by atoms with Crippen LogP contribution < -0.4 is 5.32 Å². The minimum Gasteiger partial charge on any atom is -0.350 e. The number of amides is 2. The SMILES string of the molecule is CC[C@H](C(=O)NC(C)(C)C)N(Cc1ccc(Cl)cc1)C(=O)CSc1ccccc1. The Morgan fingerprint density at radius 1 is 1.07 bits per heavy atom. The Morgan fingerprint density at radius 2 is 1.69 bits per heavy atom. The standard InChI is InChI=1S/C23H29ClN2O2S/c1-5-20(22(28)25-23(2,3)4)26(15-17-11-13-18(24)14-12-17)21(27)16-29-19-9-7-6-8-10-19/h6-14,20H,5,15-16H2,1-4H3,(H,25,28)/t20-/m1/s1. The Hall–Kier alpha value is -1.98. The van der Waals surface area contributed by atoms with E-state index in [2.05, 4.69) is 5.32 Å². The number of hydrogen-bond acceptors (Lipinski definition) is 3. The molecule has 2 aromatic carbocycles. The Labute approximate surface area is 183 Å². The van der Waals surface area contributed by atoms with E-state index in [-0.39, 0.29) is 23.1 Å². The summed E-state index contributed by atoms with van der Waals surface area (Å²) in [6.07, 6.45) is 0.539. The lowest BCUT2D eigenvalue weighted by Crippen LogP contribution is -2.53. The van der Waals surface area contributed by atoms with Crippen molar-refractivity contribution in [3.8, 4) is 0 Å². The summed E-state index contributed by atoms with van der Waals surface area (Å²) in [4.78, 5) is 28.8. The molecule has 0 saturated heterocycles. The van der Waals surface area contributed by atoms with Gasteiger partial charge >= 0.3 is 0 Å². The fourth-order valence-electron chi connectivity index (χ4n) is 2.90. The third kappa shape index (κ3) is 7.75. The number of benzene rings is 2. The van der Waals surface area contributed by atoms with Gasteiger partial charge in [-0.25, -0.2) is 0 Å². The predicted molar refractivity (Wildman–Crippen MR) is 121 cm³/mol. The lowest BCUT2D eigenvalue weighted by molar-refractivity contribution is -0.140. The van der Waals surface area contributed by atoms with E-state index in [0.29, 0.717) is 18.0 Å². The van der Waals surface area contributed by atoms with Crippen molar-refractivity contribution in [3.05, 3.63) is 65.2 Å². The minimum absolute atomic E-state index is 0.0651. The highest BCUT2D eigenvalue weighted by Crippen LogP contribution is 2.21. The summed E-state index contributed by atoms with van der Waals surface area (Å²) in [5.41, 5.74) is 0.577. The molecule has 0 unspecified atom stereocenters. The first-order chi connectivity index (χ1) is 13.7. The molecule has 0 aliphatic carbocycles. The average molecular weight is 433 g/mol. The summed E-state index contributed by atoms with van der Waals surface area (Å²) in [5, 5.41) is 3.66. The molecule has 0 aliphatic rings. The van der Waals surface area contributed by atoms with Gasteiger partial charge < -0.3 is 10.2 Å². The molecule has 0 radical (unpaired) electrons. The molecule has 0 saturated carbocycles. The lowest BCUT2D eigenvalue weighted by Gasteiger charge is -2.33. The molecule has 156 valence electrons. The van der Waals surface area contributed by atoms with E-state index in [1.54, 1.807) is 17.0 Å². The van der Waals surface area contributed by atoms with Crippen molar-refractivity contribution in [2.24, 2.45) is 0 Å². The second-order valence-corrected chi connectivity index (χ2v) is 9.40. The summed E-state index contributed by atoms with van der Waals surface area (Å²) >= 11 is 7.47. The molecule has 0 aromatic heterocycles. The molecule has 2 amide bonds. The number of thioether (sulfide) groups is 1. The maximum atomic E-state index is 13.2. The quantitative estimate of drug-likeness (QED) is 0.586. The van der Waals surface area contributed by atoms with E-state index >= 15 is 0 Å². The molecular formula is C23H29ClN2O2S. The van der Waals surface area contributed by atoms with E-state index in [4.69, 9.17) is 11.6 Å². The number of carbonyl (C=O) groups is 2.